The molecular weight excluding hydrogens is 576 g/mol. The van der Waals surface area contributed by atoms with Gasteiger partial charge >= 0.3 is 0 Å². The maximum atomic E-state index is 13.9. The SMILES string of the molecule is C[C@]12C[C@H](N3CCN(C(=O)[C@@H]4CCCN4C(=O)c4ccc5ncccc5c4)CC3)[C@@H](O)CC1CCC1C2CC[C@@]2(C)C1CC[C@@H]2O. The van der Waals surface area contributed by atoms with Crippen molar-refractivity contribution in [1.82, 2.24) is 19.7 Å². The van der Waals surface area contributed by atoms with Gasteiger partial charge in [-0.1, -0.05) is 19.9 Å². The average Bonchev–Trinajstić information content (AvgIpc) is 3.68. The number of fused-ring (bicyclic) bond motifs is 6. The number of rotatable bonds is 3. The molecule has 6 fully saturated rings. The second-order valence-electron chi connectivity index (χ2n) is 16.3. The first-order valence-corrected chi connectivity index (χ1v) is 18.2. The molecule has 8 rings (SSSR count). The van der Waals surface area contributed by atoms with Gasteiger partial charge in [-0.25, -0.2) is 0 Å². The highest BCUT2D eigenvalue weighted by Crippen LogP contribution is 2.66. The Bertz CT molecular complexity index is 1490. The molecule has 248 valence electrons. The molecule has 4 aliphatic carbocycles. The highest BCUT2D eigenvalue weighted by Gasteiger charge is 2.61. The van der Waals surface area contributed by atoms with Crippen molar-refractivity contribution in [2.24, 2.45) is 34.5 Å². The summed E-state index contributed by atoms with van der Waals surface area (Å²) < 4.78 is 0. The van der Waals surface area contributed by atoms with Gasteiger partial charge in [-0.3, -0.25) is 19.5 Å². The molecule has 0 radical (unpaired) electrons. The summed E-state index contributed by atoms with van der Waals surface area (Å²) in [5, 5.41) is 23.3. The topological polar surface area (TPSA) is 97.2 Å². The van der Waals surface area contributed by atoms with Crippen LogP contribution in [0.5, 0.6) is 0 Å². The minimum absolute atomic E-state index is 0.0725. The summed E-state index contributed by atoms with van der Waals surface area (Å²) in [6, 6.07) is 9.17. The Hall–Kier alpha value is -2.55. The first kappa shape index (κ1) is 30.8. The summed E-state index contributed by atoms with van der Waals surface area (Å²) in [6.07, 6.45) is 11.7. The fourth-order valence-corrected chi connectivity index (χ4v) is 11.7. The first-order valence-electron chi connectivity index (χ1n) is 18.2. The number of benzene rings is 1. The Balaban J connectivity index is 0.922. The predicted octanol–water partition coefficient (Wildman–Crippen LogP) is 4.73. The number of hydrogen-bond donors (Lipinski definition) is 2. The number of nitrogens with zero attached hydrogens (tertiary/aromatic N) is 4. The van der Waals surface area contributed by atoms with Crippen LogP contribution in [0.1, 0.15) is 88.4 Å². The quantitative estimate of drug-likeness (QED) is 0.511. The normalized spacial score (nSPS) is 41.2. The second kappa shape index (κ2) is 11.6. The molecule has 0 spiro atoms. The van der Waals surface area contributed by atoms with Gasteiger partial charge in [-0.05, 0) is 123 Å². The summed E-state index contributed by atoms with van der Waals surface area (Å²) in [6.45, 7) is 8.34. The van der Waals surface area contributed by atoms with Crippen LogP contribution in [0.2, 0.25) is 0 Å². The van der Waals surface area contributed by atoms with Crippen molar-refractivity contribution in [3.05, 3.63) is 42.1 Å². The minimum atomic E-state index is -0.408. The van der Waals surface area contributed by atoms with Gasteiger partial charge in [0, 0.05) is 55.9 Å². The van der Waals surface area contributed by atoms with Crippen LogP contribution in [0.4, 0.5) is 0 Å². The van der Waals surface area contributed by atoms with Crippen LogP contribution in [0.15, 0.2) is 36.5 Å². The Morgan fingerprint density at radius 2 is 1.70 bits per heavy atom. The summed E-state index contributed by atoms with van der Waals surface area (Å²) in [5.41, 5.74) is 1.78. The monoisotopic (exact) mass is 628 g/mol. The Morgan fingerprint density at radius 3 is 2.52 bits per heavy atom. The van der Waals surface area contributed by atoms with Crippen molar-refractivity contribution in [3.8, 4) is 0 Å². The van der Waals surface area contributed by atoms with Crippen LogP contribution in [-0.2, 0) is 4.79 Å². The van der Waals surface area contributed by atoms with E-state index in [1.807, 2.05) is 35.2 Å². The molecule has 6 aliphatic rings. The van der Waals surface area contributed by atoms with Crippen LogP contribution in [0, 0.1) is 34.5 Å². The standard InChI is InChI=1S/C38H52N4O4/c1-37-14-13-29-27(28(37)10-12-34(37)44)9-8-26-22-33(43)32(23-38(26,29)2)40-17-19-41(20-18-40)36(46)31-6-4-16-42(31)35(45)25-7-11-30-24(21-25)5-3-15-39-30/h3,5,7,11,15,21,26-29,31-34,43-44H,4,6,8-10,12-14,16-20,22-23H2,1-2H3/t26?,27?,28?,29?,31-,32-,33-,34-,37-,38-/m0/s1. The molecule has 10 atom stereocenters. The first-order chi connectivity index (χ1) is 22.2. The lowest BCUT2D eigenvalue weighted by Gasteiger charge is -2.62. The van der Waals surface area contributed by atoms with Crippen LogP contribution in [0.3, 0.4) is 0 Å². The van der Waals surface area contributed by atoms with E-state index in [1.165, 1.54) is 25.7 Å². The zero-order chi connectivity index (χ0) is 31.8. The van der Waals surface area contributed by atoms with Crippen LogP contribution >= 0.6 is 0 Å². The zero-order valence-corrected chi connectivity index (χ0v) is 27.7. The molecule has 4 saturated carbocycles. The van der Waals surface area contributed by atoms with E-state index in [9.17, 15) is 19.8 Å². The van der Waals surface area contributed by atoms with E-state index in [4.69, 9.17) is 0 Å². The third kappa shape index (κ3) is 4.83. The highest BCUT2D eigenvalue weighted by atomic mass is 16.3. The fraction of sp³-hybridized carbons (Fsp3) is 0.711. The lowest BCUT2D eigenvalue weighted by atomic mass is 9.44. The number of aliphatic hydroxyl groups excluding tert-OH is 2. The van der Waals surface area contributed by atoms with E-state index in [-0.39, 0.29) is 40.9 Å². The lowest BCUT2D eigenvalue weighted by Crippen LogP contribution is -2.62. The summed E-state index contributed by atoms with van der Waals surface area (Å²) in [4.78, 5) is 38.1. The molecule has 8 nitrogen and oxygen atoms in total. The van der Waals surface area contributed by atoms with Gasteiger partial charge in [-0.15, -0.1) is 0 Å². The van der Waals surface area contributed by atoms with Crippen molar-refractivity contribution < 1.29 is 19.8 Å². The molecule has 1 aromatic heterocycles. The van der Waals surface area contributed by atoms with Gasteiger partial charge in [0.15, 0.2) is 0 Å². The lowest BCUT2D eigenvalue weighted by molar-refractivity contribution is -0.157. The van der Waals surface area contributed by atoms with E-state index in [0.29, 0.717) is 55.3 Å². The van der Waals surface area contributed by atoms with E-state index in [1.54, 1.807) is 11.1 Å². The molecule has 3 heterocycles. The Labute approximate surface area is 273 Å². The largest absolute Gasteiger partial charge is 0.393 e. The number of aromatic nitrogens is 1. The number of piperazine rings is 1. The molecule has 2 aromatic rings. The van der Waals surface area contributed by atoms with E-state index < -0.39 is 6.04 Å². The van der Waals surface area contributed by atoms with Crippen LogP contribution in [-0.4, -0.2) is 98.7 Å². The third-order valence-corrected chi connectivity index (χ3v) is 14.4. The molecule has 8 heteroatoms. The minimum Gasteiger partial charge on any atom is -0.393 e. The molecule has 2 aliphatic heterocycles. The van der Waals surface area contributed by atoms with Gasteiger partial charge in [0.2, 0.25) is 5.91 Å². The van der Waals surface area contributed by atoms with Gasteiger partial charge in [0.05, 0.1) is 17.7 Å². The van der Waals surface area contributed by atoms with Crippen molar-refractivity contribution in [2.75, 3.05) is 32.7 Å². The molecule has 1 aromatic carbocycles. The second-order valence-corrected chi connectivity index (χ2v) is 16.3. The van der Waals surface area contributed by atoms with Gasteiger partial charge in [0.25, 0.3) is 5.91 Å². The summed E-state index contributed by atoms with van der Waals surface area (Å²) >= 11 is 0. The molecule has 2 N–H and O–H groups in total. The average molecular weight is 629 g/mol. The number of carbonyl (C=O) groups excluding carboxylic acids is 2. The smallest absolute Gasteiger partial charge is 0.254 e. The molecule has 46 heavy (non-hydrogen) atoms. The van der Waals surface area contributed by atoms with Crippen molar-refractivity contribution in [1.29, 1.82) is 0 Å². The van der Waals surface area contributed by atoms with Crippen LogP contribution in [0.25, 0.3) is 10.9 Å². The maximum Gasteiger partial charge on any atom is 0.254 e. The fourth-order valence-electron chi connectivity index (χ4n) is 11.7. The Kier molecular flexibility index (Phi) is 7.73. The molecule has 0 bridgehead atoms. The van der Waals surface area contributed by atoms with Gasteiger partial charge < -0.3 is 20.0 Å². The third-order valence-electron chi connectivity index (χ3n) is 14.4. The van der Waals surface area contributed by atoms with Crippen molar-refractivity contribution in [3.63, 3.8) is 0 Å². The van der Waals surface area contributed by atoms with Crippen molar-refractivity contribution >= 4 is 22.7 Å². The van der Waals surface area contributed by atoms with E-state index >= 15 is 0 Å². The molecule has 2 saturated heterocycles. The predicted molar refractivity (Wildman–Crippen MR) is 177 cm³/mol. The molecule has 2 amide bonds. The highest BCUT2D eigenvalue weighted by molar-refractivity contribution is 6.00. The summed E-state index contributed by atoms with van der Waals surface area (Å²) in [7, 11) is 0. The number of aliphatic hydroxyl groups is 2. The number of likely N-dealkylation sites (tertiary alicyclic amines) is 1. The van der Waals surface area contributed by atoms with Crippen molar-refractivity contribution in [2.45, 2.75) is 102 Å². The van der Waals surface area contributed by atoms with E-state index in [0.717, 1.165) is 56.1 Å². The number of amides is 2. The number of carbonyl (C=O) groups is 2. The van der Waals surface area contributed by atoms with E-state index in [2.05, 4.69) is 23.7 Å². The van der Waals surface area contributed by atoms with Gasteiger partial charge in [0.1, 0.15) is 6.04 Å². The van der Waals surface area contributed by atoms with Crippen LogP contribution < -0.4 is 0 Å². The maximum absolute atomic E-state index is 13.9. The Morgan fingerprint density at radius 1 is 0.891 bits per heavy atom. The number of pyridine rings is 1. The zero-order valence-electron chi connectivity index (χ0n) is 27.7. The summed E-state index contributed by atoms with van der Waals surface area (Å²) in [5.74, 6) is 2.59. The number of hydrogen-bond acceptors (Lipinski definition) is 6. The molecule has 4 unspecified atom stereocenters. The molecular formula is C38H52N4O4. The van der Waals surface area contributed by atoms with Gasteiger partial charge in [-0.2, -0.15) is 0 Å².